The highest BCUT2D eigenvalue weighted by atomic mass is 32.2. The van der Waals surface area contributed by atoms with Gasteiger partial charge in [0, 0.05) is 10.6 Å². The first-order valence-corrected chi connectivity index (χ1v) is 8.06. The number of methoxy groups -OCH3 is 1. The highest BCUT2D eigenvalue weighted by Gasteiger charge is 2.17. The van der Waals surface area contributed by atoms with Crippen LogP contribution < -0.4 is 14.8 Å². The summed E-state index contributed by atoms with van der Waals surface area (Å²) in [5.74, 6) is 2.21. The van der Waals surface area contributed by atoms with Crippen LogP contribution in [0.3, 0.4) is 0 Å². The van der Waals surface area contributed by atoms with Gasteiger partial charge in [0.1, 0.15) is 19.3 Å². The minimum absolute atomic E-state index is 0.209. The third-order valence-electron chi connectivity index (χ3n) is 3.13. The fourth-order valence-electron chi connectivity index (χ4n) is 2.10. The lowest BCUT2D eigenvalue weighted by Crippen LogP contribution is -2.37. The van der Waals surface area contributed by atoms with E-state index < -0.39 is 0 Å². The molecule has 1 aliphatic heterocycles. The van der Waals surface area contributed by atoms with Crippen LogP contribution in [0.2, 0.25) is 0 Å². The molecule has 0 fully saturated rings. The van der Waals surface area contributed by atoms with Crippen molar-refractivity contribution in [1.29, 1.82) is 0 Å². The molecule has 1 aromatic carbocycles. The van der Waals surface area contributed by atoms with E-state index in [1.165, 1.54) is 7.11 Å². The van der Waals surface area contributed by atoms with Crippen molar-refractivity contribution in [1.82, 2.24) is 5.32 Å². The van der Waals surface area contributed by atoms with Gasteiger partial charge in [-0.15, -0.1) is 11.8 Å². The molecule has 0 radical (unpaired) electrons. The average molecular weight is 311 g/mol. The lowest BCUT2D eigenvalue weighted by molar-refractivity contribution is -0.143. The fourth-order valence-corrected chi connectivity index (χ4v) is 3.04. The predicted molar refractivity (Wildman–Crippen MR) is 82.3 cm³/mol. The number of likely N-dealkylation sites (N-methyl/N-ethyl adjacent to an activating group) is 1. The van der Waals surface area contributed by atoms with Crippen molar-refractivity contribution in [3.63, 3.8) is 0 Å². The molecular formula is C15H21NO4S. The minimum Gasteiger partial charge on any atom is -0.486 e. The largest absolute Gasteiger partial charge is 0.486 e. The van der Waals surface area contributed by atoms with Gasteiger partial charge in [0.05, 0.1) is 7.11 Å². The van der Waals surface area contributed by atoms with E-state index in [1.54, 1.807) is 11.8 Å². The van der Waals surface area contributed by atoms with Crippen LogP contribution in [0, 0.1) is 0 Å². The van der Waals surface area contributed by atoms with E-state index in [9.17, 15) is 4.79 Å². The van der Waals surface area contributed by atoms with Crippen molar-refractivity contribution in [2.45, 2.75) is 24.3 Å². The van der Waals surface area contributed by atoms with Crippen molar-refractivity contribution in [3.8, 4) is 11.5 Å². The molecular weight excluding hydrogens is 290 g/mol. The van der Waals surface area contributed by atoms with E-state index in [2.05, 4.69) is 5.32 Å². The van der Waals surface area contributed by atoms with Gasteiger partial charge in [-0.25, -0.2) is 0 Å². The molecule has 116 valence electrons. The summed E-state index contributed by atoms with van der Waals surface area (Å²) in [6.07, 6.45) is 0.722. The molecule has 0 aliphatic carbocycles. The second-order valence-electron chi connectivity index (χ2n) is 4.58. The Morgan fingerprint density at radius 1 is 1.38 bits per heavy atom. The Bertz CT molecular complexity index is 481. The summed E-state index contributed by atoms with van der Waals surface area (Å²) >= 11 is 1.69. The molecule has 2 rings (SSSR count). The molecule has 1 N–H and O–H groups in total. The van der Waals surface area contributed by atoms with Gasteiger partial charge in [0.25, 0.3) is 0 Å². The molecule has 5 nitrogen and oxygen atoms in total. The number of carbonyl (C=O) groups is 1. The maximum Gasteiger partial charge on any atom is 0.322 e. The van der Waals surface area contributed by atoms with Gasteiger partial charge in [-0.3, -0.25) is 4.79 Å². The predicted octanol–water partition coefficient (Wildman–Crippen LogP) is 2.09. The average Bonchev–Trinajstić information content (AvgIpc) is 2.53. The van der Waals surface area contributed by atoms with Crippen molar-refractivity contribution in [2.75, 3.05) is 32.6 Å². The Morgan fingerprint density at radius 3 is 2.86 bits per heavy atom. The van der Waals surface area contributed by atoms with E-state index in [-0.39, 0.29) is 12.0 Å². The molecule has 6 heteroatoms. The summed E-state index contributed by atoms with van der Waals surface area (Å²) in [6, 6.07) is 5.68. The van der Waals surface area contributed by atoms with E-state index in [1.807, 2.05) is 25.1 Å². The van der Waals surface area contributed by atoms with Crippen LogP contribution >= 0.6 is 11.8 Å². The van der Waals surface area contributed by atoms with Gasteiger partial charge >= 0.3 is 5.97 Å². The minimum atomic E-state index is -0.246. The molecule has 0 amide bonds. The summed E-state index contributed by atoms with van der Waals surface area (Å²) in [5.41, 5.74) is 0. The van der Waals surface area contributed by atoms with Crippen LogP contribution in [-0.4, -0.2) is 44.6 Å². The first-order chi connectivity index (χ1) is 10.2. The lowest BCUT2D eigenvalue weighted by Gasteiger charge is -2.19. The van der Waals surface area contributed by atoms with Gasteiger partial charge in [0.15, 0.2) is 11.5 Å². The second kappa shape index (κ2) is 8.14. The van der Waals surface area contributed by atoms with Crippen LogP contribution in [0.25, 0.3) is 0 Å². The van der Waals surface area contributed by atoms with Crippen molar-refractivity contribution in [2.24, 2.45) is 0 Å². The van der Waals surface area contributed by atoms with Gasteiger partial charge in [0.2, 0.25) is 0 Å². The highest BCUT2D eigenvalue weighted by Crippen LogP contribution is 2.34. The van der Waals surface area contributed by atoms with Crippen LogP contribution in [0.4, 0.5) is 0 Å². The van der Waals surface area contributed by atoms with Crippen molar-refractivity contribution < 1.29 is 19.0 Å². The topological polar surface area (TPSA) is 56.8 Å². The number of carbonyl (C=O) groups excluding carboxylic acids is 1. The second-order valence-corrected chi connectivity index (χ2v) is 5.74. The standard InChI is InChI=1S/C15H21NO4S/c1-3-16-12(15(17)18-2)6-9-21-11-4-5-13-14(10-11)20-8-7-19-13/h4-5,10,12,16H,3,6-9H2,1-2H3. The molecule has 0 bridgehead atoms. The molecule has 0 aromatic heterocycles. The summed E-state index contributed by atoms with van der Waals surface area (Å²) in [6.45, 7) is 3.91. The number of esters is 1. The molecule has 21 heavy (non-hydrogen) atoms. The molecule has 1 unspecified atom stereocenters. The fraction of sp³-hybridized carbons (Fsp3) is 0.533. The smallest absolute Gasteiger partial charge is 0.322 e. The van der Waals surface area contributed by atoms with Gasteiger partial charge in [-0.1, -0.05) is 6.92 Å². The Hall–Kier alpha value is -1.40. The molecule has 0 saturated heterocycles. The number of rotatable bonds is 7. The number of hydrogen-bond acceptors (Lipinski definition) is 6. The van der Waals surface area contributed by atoms with Crippen LogP contribution in [-0.2, 0) is 9.53 Å². The SMILES string of the molecule is CCNC(CCSc1ccc2c(c1)OCCO2)C(=O)OC. The number of benzene rings is 1. The molecule has 1 aromatic rings. The molecule has 0 saturated carbocycles. The number of nitrogens with one attached hydrogen (secondary N) is 1. The van der Waals surface area contributed by atoms with Crippen LogP contribution in [0.5, 0.6) is 11.5 Å². The van der Waals surface area contributed by atoms with Crippen molar-refractivity contribution in [3.05, 3.63) is 18.2 Å². The normalized spacial score (nSPS) is 14.6. The van der Waals surface area contributed by atoms with Gasteiger partial charge in [-0.05, 0) is 31.2 Å². The molecule has 0 spiro atoms. The van der Waals surface area contributed by atoms with Crippen LogP contribution in [0.15, 0.2) is 23.1 Å². The third-order valence-corrected chi connectivity index (χ3v) is 4.15. The number of thioether (sulfide) groups is 1. The summed E-state index contributed by atoms with van der Waals surface area (Å²) in [4.78, 5) is 12.7. The summed E-state index contributed by atoms with van der Waals surface area (Å²) in [7, 11) is 1.42. The first-order valence-electron chi connectivity index (χ1n) is 7.08. The third kappa shape index (κ3) is 4.54. The number of ether oxygens (including phenoxy) is 3. The monoisotopic (exact) mass is 311 g/mol. The Balaban J connectivity index is 1.86. The van der Waals surface area contributed by atoms with E-state index in [4.69, 9.17) is 14.2 Å². The summed E-state index contributed by atoms with van der Waals surface area (Å²) in [5, 5.41) is 3.14. The molecule has 1 aliphatic rings. The highest BCUT2D eigenvalue weighted by molar-refractivity contribution is 7.99. The Kier molecular flexibility index (Phi) is 6.20. The Morgan fingerprint density at radius 2 is 2.14 bits per heavy atom. The summed E-state index contributed by atoms with van der Waals surface area (Å²) < 4.78 is 15.8. The van der Waals surface area contributed by atoms with E-state index in [0.717, 1.165) is 35.1 Å². The molecule has 1 atom stereocenters. The van der Waals surface area contributed by atoms with Gasteiger partial charge < -0.3 is 19.5 Å². The maximum absolute atomic E-state index is 11.6. The number of hydrogen-bond donors (Lipinski definition) is 1. The lowest BCUT2D eigenvalue weighted by atomic mass is 10.2. The molecule has 1 heterocycles. The van der Waals surface area contributed by atoms with Crippen LogP contribution in [0.1, 0.15) is 13.3 Å². The van der Waals surface area contributed by atoms with Gasteiger partial charge in [-0.2, -0.15) is 0 Å². The van der Waals surface area contributed by atoms with Crippen molar-refractivity contribution >= 4 is 17.7 Å². The number of fused-ring (bicyclic) bond motifs is 1. The maximum atomic E-state index is 11.6. The van der Waals surface area contributed by atoms with E-state index >= 15 is 0 Å². The zero-order valence-corrected chi connectivity index (χ0v) is 13.2. The zero-order valence-electron chi connectivity index (χ0n) is 12.4. The Labute approximate surface area is 129 Å². The zero-order chi connectivity index (χ0) is 15.1. The first kappa shape index (κ1) is 16.0. The quantitative estimate of drug-likeness (QED) is 0.615. The van der Waals surface area contributed by atoms with E-state index in [0.29, 0.717) is 13.2 Å².